The van der Waals surface area contributed by atoms with Crippen molar-refractivity contribution in [1.82, 2.24) is 4.90 Å². The fraction of sp³-hybridized carbons (Fsp3) is 0.579. The summed E-state index contributed by atoms with van der Waals surface area (Å²) in [4.78, 5) is 26.4. The summed E-state index contributed by atoms with van der Waals surface area (Å²) in [6.07, 6.45) is 1.05. The molecule has 1 saturated heterocycles. The minimum atomic E-state index is -0.562. The van der Waals surface area contributed by atoms with Crippen LogP contribution in [-0.4, -0.2) is 35.1 Å². The lowest BCUT2D eigenvalue weighted by Crippen LogP contribution is -2.45. The van der Waals surface area contributed by atoms with Crippen LogP contribution in [0, 0.1) is 0 Å². The molecule has 1 aliphatic rings. The van der Waals surface area contributed by atoms with Crippen LogP contribution in [-0.2, 0) is 9.53 Å². The van der Waals surface area contributed by atoms with Crippen molar-refractivity contribution >= 4 is 17.7 Å². The van der Waals surface area contributed by atoms with Gasteiger partial charge in [0.05, 0.1) is 0 Å². The highest BCUT2D eigenvalue weighted by molar-refractivity contribution is 5.96. The molecular formula is C19H28N2O3. The number of carbonyl (C=O) groups excluding carboxylic acids is 2. The number of ether oxygens (including phenoxy) is 1. The van der Waals surface area contributed by atoms with Gasteiger partial charge in [-0.1, -0.05) is 26.0 Å². The van der Waals surface area contributed by atoms with Crippen molar-refractivity contribution in [2.24, 2.45) is 0 Å². The van der Waals surface area contributed by atoms with Gasteiger partial charge in [0.25, 0.3) is 0 Å². The predicted molar refractivity (Wildman–Crippen MR) is 95.1 cm³/mol. The molecule has 5 nitrogen and oxygen atoms in total. The summed E-state index contributed by atoms with van der Waals surface area (Å²) in [5, 5.41) is 2.91. The number of rotatable bonds is 3. The van der Waals surface area contributed by atoms with Crippen LogP contribution in [0.25, 0.3) is 0 Å². The van der Waals surface area contributed by atoms with Crippen LogP contribution in [0.4, 0.5) is 10.5 Å². The van der Waals surface area contributed by atoms with E-state index < -0.39 is 17.7 Å². The molecule has 1 atom stereocenters. The number of likely N-dealkylation sites (tertiary alicyclic amines) is 1. The van der Waals surface area contributed by atoms with E-state index in [-0.39, 0.29) is 5.91 Å². The van der Waals surface area contributed by atoms with Gasteiger partial charge in [0.15, 0.2) is 0 Å². The van der Waals surface area contributed by atoms with E-state index in [0.717, 1.165) is 12.1 Å². The van der Waals surface area contributed by atoms with Crippen LogP contribution >= 0.6 is 0 Å². The van der Waals surface area contributed by atoms with Gasteiger partial charge < -0.3 is 10.1 Å². The number of hydrogen-bond acceptors (Lipinski definition) is 3. The normalized spacial score (nSPS) is 17.9. The molecule has 24 heavy (non-hydrogen) atoms. The number of hydrogen-bond donors (Lipinski definition) is 1. The largest absolute Gasteiger partial charge is 0.444 e. The maximum Gasteiger partial charge on any atom is 0.410 e. The van der Waals surface area contributed by atoms with Gasteiger partial charge in [-0.25, -0.2) is 4.79 Å². The molecule has 0 aliphatic carbocycles. The van der Waals surface area contributed by atoms with Gasteiger partial charge in [-0.05, 0) is 57.2 Å². The molecule has 1 N–H and O–H groups in total. The van der Waals surface area contributed by atoms with Crippen molar-refractivity contribution in [3.63, 3.8) is 0 Å². The molecule has 0 bridgehead atoms. The second-order valence-electron chi connectivity index (χ2n) is 7.60. The number of amides is 2. The Labute approximate surface area is 144 Å². The topological polar surface area (TPSA) is 58.6 Å². The van der Waals surface area contributed by atoms with E-state index in [0.29, 0.717) is 18.9 Å². The minimum Gasteiger partial charge on any atom is -0.444 e. The van der Waals surface area contributed by atoms with E-state index in [1.807, 2.05) is 45.0 Å². The van der Waals surface area contributed by atoms with Crippen molar-refractivity contribution in [2.75, 3.05) is 11.9 Å². The van der Waals surface area contributed by atoms with Crippen LogP contribution in [0.5, 0.6) is 0 Å². The molecule has 0 radical (unpaired) electrons. The van der Waals surface area contributed by atoms with Crippen molar-refractivity contribution in [2.45, 2.75) is 65.0 Å². The van der Waals surface area contributed by atoms with E-state index >= 15 is 0 Å². The standard InChI is InChI=1S/C19H28N2O3/c1-13(2)14-8-10-15(11-9-14)20-17(22)16-7-6-12-21(16)18(23)24-19(3,4)5/h8-11,13,16H,6-7,12H2,1-5H3,(H,20,22). The van der Waals surface area contributed by atoms with Gasteiger partial charge in [-0.2, -0.15) is 0 Å². The first-order valence-electron chi connectivity index (χ1n) is 8.58. The fourth-order valence-corrected chi connectivity index (χ4v) is 2.76. The van der Waals surface area contributed by atoms with Gasteiger partial charge >= 0.3 is 6.09 Å². The predicted octanol–water partition coefficient (Wildman–Crippen LogP) is 4.15. The molecule has 1 aliphatic heterocycles. The molecule has 2 amide bonds. The quantitative estimate of drug-likeness (QED) is 0.904. The Morgan fingerprint density at radius 3 is 2.38 bits per heavy atom. The molecular weight excluding hydrogens is 304 g/mol. The zero-order valence-electron chi connectivity index (χ0n) is 15.3. The Kier molecular flexibility index (Phi) is 5.52. The average molecular weight is 332 g/mol. The third kappa shape index (κ3) is 4.73. The Bertz CT molecular complexity index is 588. The monoisotopic (exact) mass is 332 g/mol. The Morgan fingerprint density at radius 1 is 1.21 bits per heavy atom. The molecule has 0 spiro atoms. The zero-order chi connectivity index (χ0) is 17.9. The van der Waals surface area contributed by atoms with E-state index in [9.17, 15) is 9.59 Å². The van der Waals surface area contributed by atoms with Gasteiger partial charge in [0.1, 0.15) is 11.6 Å². The first-order chi connectivity index (χ1) is 11.2. The molecule has 0 saturated carbocycles. The van der Waals surface area contributed by atoms with Crippen LogP contribution in [0.3, 0.4) is 0 Å². The van der Waals surface area contributed by atoms with Gasteiger partial charge in [0, 0.05) is 12.2 Å². The number of anilines is 1. The molecule has 0 aromatic heterocycles. The van der Waals surface area contributed by atoms with Crippen molar-refractivity contribution < 1.29 is 14.3 Å². The second kappa shape index (κ2) is 7.24. The molecule has 1 unspecified atom stereocenters. The molecule has 1 aromatic rings. The average Bonchev–Trinajstić information content (AvgIpc) is 2.95. The molecule has 132 valence electrons. The summed E-state index contributed by atoms with van der Waals surface area (Å²) in [6.45, 7) is 10.3. The van der Waals surface area contributed by atoms with Gasteiger partial charge in [0.2, 0.25) is 5.91 Å². The fourth-order valence-electron chi connectivity index (χ4n) is 2.76. The SMILES string of the molecule is CC(C)c1ccc(NC(=O)C2CCCN2C(=O)OC(C)(C)C)cc1. The maximum atomic E-state index is 12.6. The molecule has 1 fully saturated rings. The first kappa shape index (κ1) is 18.3. The van der Waals surface area contributed by atoms with Gasteiger partial charge in [-0.15, -0.1) is 0 Å². The summed E-state index contributed by atoms with van der Waals surface area (Å²) < 4.78 is 5.40. The summed E-state index contributed by atoms with van der Waals surface area (Å²) in [6, 6.07) is 7.37. The van der Waals surface area contributed by atoms with Crippen molar-refractivity contribution in [1.29, 1.82) is 0 Å². The third-order valence-corrected chi connectivity index (χ3v) is 4.03. The molecule has 1 heterocycles. The van der Waals surface area contributed by atoms with Crippen molar-refractivity contribution in [3.05, 3.63) is 29.8 Å². The summed E-state index contributed by atoms with van der Waals surface area (Å²) in [5.74, 6) is 0.294. The smallest absolute Gasteiger partial charge is 0.410 e. The number of carbonyl (C=O) groups is 2. The highest BCUT2D eigenvalue weighted by atomic mass is 16.6. The number of benzene rings is 1. The third-order valence-electron chi connectivity index (χ3n) is 4.03. The molecule has 5 heteroatoms. The maximum absolute atomic E-state index is 12.6. The van der Waals surface area contributed by atoms with Crippen LogP contribution in [0.1, 0.15) is 58.9 Å². The van der Waals surface area contributed by atoms with Crippen molar-refractivity contribution in [3.8, 4) is 0 Å². The van der Waals surface area contributed by atoms with E-state index in [1.54, 1.807) is 0 Å². The number of nitrogens with zero attached hydrogens (tertiary/aromatic N) is 1. The Balaban J connectivity index is 2.01. The lowest BCUT2D eigenvalue weighted by molar-refractivity contribution is -0.120. The van der Waals surface area contributed by atoms with Crippen LogP contribution < -0.4 is 5.32 Å². The lowest BCUT2D eigenvalue weighted by Gasteiger charge is -2.28. The Hall–Kier alpha value is -2.04. The second-order valence-corrected chi connectivity index (χ2v) is 7.60. The van der Waals surface area contributed by atoms with Crippen LogP contribution in [0.2, 0.25) is 0 Å². The minimum absolute atomic E-state index is 0.157. The highest BCUT2D eigenvalue weighted by Crippen LogP contribution is 2.23. The van der Waals surface area contributed by atoms with Gasteiger partial charge in [-0.3, -0.25) is 9.69 Å². The Morgan fingerprint density at radius 2 is 1.83 bits per heavy atom. The zero-order valence-corrected chi connectivity index (χ0v) is 15.3. The van der Waals surface area contributed by atoms with Crippen LogP contribution in [0.15, 0.2) is 24.3 Å². The lowest BCUT2D eigenvalue weighted by atomic mass is 10.0. The highest BCUT2D eigenvalue weighted by Gasteiger charge is 2.36. The first-order valence-corrected chi connectivity index (χ1v) is 8.58. The summed E-state index contributed by atoms with van der Waals surface area (Å²) >= 11 is 0. The number of nitrogens with one attached hydrogen (secondary N) is 1. The molecule has 1 aromatic carbocycles. The summed E-state index contributed by atoms with van der Waals surface area (Å²) in [7, 11) is 0. The summed E-state index contributed by atoms with van der Waals surface area (Å²) in [5.41, 5.74) is 1.41. The molecule has 2 rings (SSSR count). The van der Waals surface area contributed by atoms with E-state index in [1.165, 1.54) is 10.5 Å². The van der Waals surface area contributed by atoms with E-state index in [4.69, 9.17) is 4.74 Å². The van der Waals surface area contributed by atoms with E-state index in [2.05, 4.69) is 19.2 Å².